The summed E-state index contributed by atoms with van der Waals surface area (Å²) >= 11 is 0. The number of rotatable bonds is 4. The molecule has 0 fully saturated rings. The molecule has 1 aromatic heterocycles. The molecule has 2 aromatic rings. The summed E-state index contributed by atoms with van der Waals surface area (Å²) in [5, 5.41) is 11.9. The van der Waals surface area contributed by atoms with Gasteiger partial charge in [0.15, 0.2) is 0 Å². The summed E-state index contributed by atoms with van der Waals surface area (Å²) in [4.78, 5) is 7.85. The van der Waals surface area contributed by atoms with Gasteiger partial charge in [-0.05, 0) is 12.1 Å². The Bertz CT molecular complexity index is 622. The summed E-state index contributed by atoms with van der Waals surface area (Å²) in [6.45, 7) is 0. The summed E-state index contributed by atoms with van der Waals surface area (Å²) in [7, 11) is 3.16. The Hall–Kier alpha value is -2.81. The molecule has 1 N–H and O–H groups in total. The number of aromatic nitrogens is 2. The van der Waals surface area contributed by atoms with Crippen LogP contribution in [0.15, 0.2) is 30.6 Å². The summed E-state index contributed by atoms with van der Waals surface area (Å²) in [6, 6.07) is 8.88. The number of benzene rings is 1. The molecule has 0 atom stereocenters. The molecule has 0 spiro atoms. The molecule has 0 aliphatic heterocycles. The lowest BCUT2D eigenvalue weighted by molar-refractivity contribution is 0.405. The molecular formula is C13H12N4O2. The van der Waals surface area contributed by atoms with E-state index in [1.54, 1.807) is 38.5 Å². The fourth-order valence-corrected chi connectivity index (χ4v) is 1.54. The first-order chi connectivity index (χ1) is 9.26. The summed E-state index contributed by atoms with van der Waals surface area (Å²) in [5.41, 5.74) is 0.990. The third kappa shape index (κ3) is 2.90. The first kappa shape index (κ1) is 12.6. The Morgan fingerprint density at radius 1 is 1.16 bits per heavy atom. The quantitative estimate of drug-likeness (QED) is 0.902. The highest BCUT2D eigenvalue weighted by Gasteiger charge is 2.06. The van der Waals surface area contributed by atoms with E-state index in [0.29, 0.717) is 28.7 Å². The lowest BCUT2D eigenvalue weighted by Crippen LogP contribution is -1.98. The number of hydrogen-bond acceptors (Lipinski definition) is 6. The largest absolute Gasteiger partial charge is 0.497 e. The highest BCUT2D eigenvalue weighted by molar-refractivity contribution is 5.66. The SMILES string of the molecule is COc1ccc(OC)c(Nc2cc(C#N)ncn2)c1. The Morgan fingerprint density at radius 2 is 2.00 bits per heavy atom. The Labute approximate surface area is 110 Å². The average molecular weight is 256 g/mol. The zero-order valence-electron chi connectivity index (χ0n) is 10.5. The van der Waals surface area contributed by atoms with Gasteiger partial charge in [0.25, 0.3) is 0 Å². The van der Waals surface area contributed by atoms with Gasteiger partial charge in [0, 0.05) is 12.1 Å². The van der Waals surface area contributed by atoms with Crippen molar-refractivity contribution in [3.8, 4) is 17.6 Å². The fraction of sp³-hybridized carbons (Fsp3) is 0.154. The summed E-state index contributed by atoms with van der Waals surface area (Å²) < 4.78 is 10.4. The zero-order valence-corrected chi connectivity index (χ0v) is 10.5. The van der Waals surface area contributed by atoms with Crippen LogP contribution in [0.4, 0.5) is 11.5 Å². The minimum absolute atomic E-state index is 0.291. The molecule has 6 heteroatoms. The van der Waals surface area contributed by atoms with Crippen molar-refractivity contribution in [1.29, 1.82) is 5.26 Å². The van der Waals surface area contributed by atoms with Crippen LogP contribution in [0.3, 0.4) is 0 Å². The van der Waals surface area contributed by atoms with Gasteiger partial charge in [-0.2, -0.15) is 5.26 Å². The van der Waals surface area contributed by atoms with Crippen molar-refractivity contribution >= 4 is 11.5 Å². The molecular weight excluding hydrogens is 244 g/mol. The van der Waals surface area contributed by atoms with Crippen molar-refractivity contribution in [1.82, 2.24) is 9.97 Å². The second-order valence-corrected chi connectivity index (χ2v) is 3.59. The van der Waals surface area contributed by atoms with Crippen LogP contribution in [0.5, 0.6) is 11.5 Å². The van der Waals surface area contributed by atoms with Crippen LogP contribution >= 0.6 is 0 Å². The van der Waals surface area contributed by atoms with Crippen LogP contribution in [-0.2, 0) is 0 Å². The molecule has 6 nitrogen and oxygen atoms in total. The smallest absolute Gasteiger partial charge is 0.145 e. The van der Waals surface area contributed by atoms with Crippen molar-refractivity contribution in [2.45, 2.75) is 0 Å². The first-order valence-corrected chi connectivity index (χ1v) is 5.48. The molecule has 96 valence electrons. The molecule has 2 rings (SSSR count). The molecule has 0 aliphatic carbocycles. The van der Waals surface area contributed by atoms with E-state index in [4.69, 9.17) is 14.7 Å². The Balaban J connectivity index is 2.33. The molecule has 0 unspecified atom stereocenters. The number of methoxy groups -OCH3 is 2. The zero-order chi connectivity index (χ0) is 13.7. The van der Waals surface area contributed by atoms with Gasteiger partial charge in [-0.1, -0.05) is 0 Å². The number of nitrogens with one attached hydrogen (secondary N) is 1. The van der Waals surface area contributed by atoms with Gasteiger partial charge in [0.1, 0.15) is 35.4 Å². The summed E-state index contributed by atoms with van der Waals surface area (Å²) in [5.74, 6) is 1.86. The monoisotopic (exact) mass is 256 g/mol. The molecule has 19 heavy (non-hydrogen) atoms. The van der Waals surface area contributed by atoms with Crippen molar-refractivity contribution in [2.24, 2.45) is 0 Å². The average Bonchev–Trinajstić information content (AvgIpc) is 2.47. The second kappa shape index (κ2) is 5.69. The number of nitrogens with zero attached hydrogens (tertiary/aromatic N) is 3. The maximum atomic E-state index is 8.80. The molecule has 0 bridgehead atoms. The highest BCUT2D eigenvalue weighted by atomic mass is 16.5. The molecule has 1 heterocycles. The molecule has 0 aliphatic rings. The Kier molecular flexibility index (Phi) is 3.78. The van der Waals surface area contributed by atoms with Gasteiger partial charge in [0.05, 0.1) is 19.9 Å². The maximum absolute atomic E-state index is 8.80. The topological polar surface area (TPSA) is 80.1 Å². The van der Waals surface area contributed by atoms with Crippen molar-refractivity contribution in [2.75, 3.05) is 19.5 Å². The normalized spacial score (nSPS) is 9.53. The van der Waals surface area contributed by atoms with Crippen LogP contribution < -0.4 is 14.8 Å². The minimum atomic E-state index is 0.291. The van der Waals surface area contributed by atoms with Crippen LogP contribution in [0.1, 0.15) is 5.69 Å². The number of ether oxygens (including phenoxy) is 2. The van der Waals surface area contributed by atoms with E-state index < -0.39 is 0 Å². The van der Waals surface area contributed by atoms with Gasteiger partial charge in [0.2, 0.25) is 0 Å². The highest BCUT2D eigenvalue weighted by Crippen LogP contribution is 2.30. The van der Waals surface area contributed by atoms with Gasteiger partial charge in [-0.25, -0.2) is 9.97 Å². The van der Waals surface area contributed by atoms with Crippen LogP contribution in [0, 0.1) is 11.3 Å². The maximum Gasteiger partial charge on any atom is 0.145 e. The van der Waals surface area contributed by atoms with Crippen LogP contribution in [0.2, 0.25) is 0 Å². The second-order valence-electron chi connectivity index (χ2n) is 3.59. The van der Waals surface area contributed by atoms with Gasteiger partial charge < -0.3 is 14.8 Å². The predicted molar refractivity (Wildman–Crippen MR) is 69.6 cm³/mol. The minimum Gasteiger partial charge on any atom is -0.497 e. The molecule has 0 saturated heterocycles. The van der Waals surface area contributed by atoms with E-state index in [0.717, 1.165) is 0 Å². The third-order valence-corrected chi connectivity index (χ3v) is 2.45. The van der Waals surface area contributed by atoms with E-state index in [9.17, 15) is 0 Å². The van der Waals surface area contributed by atoms with E-state index >= 15 is 0 Å². The molecule has 0 radical (unpaired) electrons. The van der Waals surface area contributed by atoms with Gasteiger partial charge >= 0.3 is 0 Å². The third-order valence-electron chi connectivity index (χ3n) is 2.45. The van der Waals surface area contributed by atoms with Crippen molar-refractivity contribution in [3.63, 3.8) is 0 Å². The van der Waals surface area contributed by atoms with Crippen LogP contribution in [0.25, 0.3) is 0 Å². The lowest BCUT2D eigenvalue weighted by Gasteiger charge is -2.11. The summed E-state index contributed by atoms with van der Waals surface area (Å²) in [6.07, 6.45) is 1.33. The number of hydrogen-bond donors (Lipinski definition) is 1. The number of nitriles is 1. The van der Waals surface area contributed by atoms with E-state index in [-0.39, 0.29) is 0 Å². The van der Waals surface area contributed by atoms with Crippen LogP contribution in [-0.4, -0.2) is 24.2 Å². The van der Waals surface area contributed by atoms with Gasteiger partial charge in [-0.3, -0.25) is 0 Å². The predicted octanol–water partition coefficient (Wildman–Crippen LogP) is 2.11. The standard InChI is InChI=1S/C13H12N4O2/c1-18-10-3-4-12(19-2)11(6-10)17-13-5-9(7-14)15-8-16-13/h3-6,8H,1-2H3,(H,15,16,17). The lowest BCUT2D eigenvalue weighted by atomic mass is 10.2. The molecule has 1 aromatic carbocycles. The van der Waals surface area contributed by atoms with E-state index in [1.807, 2.05) is 6.07 Å². The van der Waals surface area contributed by atoms with E-state index in [1.165, 1.54) is 6.33 Å². The first-order valence-electron chi connectivity index (χ1n) is 5.48. The fourth-order valence-electron chi connectivity index (χ4n) is 1.54. The Morgan fingerprint density at radius 3 is 2.68 bits per heavy atom. The molecule has 0 saturated carbocycles. The molecule has 0 amide bonds. The van der Waals surface area contributed by atoms with Crippen molar-refractivity contribution in [3.05, 3.63) is 36.3 Å². The number of anilines is 2. The van der Waals surface area contributed by atoms with Crippen molar-refractivity contribution < 1.29 is 9.47 Å². The van der Waals surface area contributed by atoms with E-state index in [2.05, 4.69) is 15.3 Å². The van der Waals surface area contributed by atoms with Gasteiger partial charge in [-0.15, -0.1) is 0 Å².